The second kappa shape index (κ2) is 11.5. The van der Waals surface area contributed by atoms with Crippen LogP contribution in [0.15, 0.2) is 60.0 Å². The zero-order chi connectivity index (χ0) is 19.8. The maximum absolute atomic E-state index is 12.0. The molecule has 1 amide bonds. The summed E-state index contributed by atoms with van der Waals surface area (Å²) >= 11 is 1.33. The van der Waals surface area contributed by atoms with Crippen molar-refractivity contribution in [2.75, 3.05) is 24.1 Å². The molecule has 154 valence electrons. The molecule has 1 aromatic heterocycles. The van der Waals surface area contributed by atoms with Crippen LogP contribution in [0.25, 0.3) is 0 Å². The highest BCUT2D eigenvalue weighted by Gasteiger charge is 2.08. The lowest BCUT2D eigenvalue weighted by Crippen LogP contribution is -2.23. The van der Waals surface area contributed by atoms with Gasteiger partial charge in [0.2, 0.25) is 5.91 Å². The number of rotatable bonds is 9. The van der Waals surface area contributed by atoms with Crippen molar-refractivity contribution >= 4 is 40.5 Å². The third kappa shape index (κ3) is 7.47. The van der Waals surface area contributed by atoms with Gasteiger partial charge in [-0.15, -0.1) is 23.7 Å². The maximum atomic E-state index is 12.0. The molecule has 0 aliphatic heterocycles. The minimum Gasteiger partial charge on any atom is -0.387 e. The number of nitrogen functional groups attached to an aromatic ring is 1. The van der Waals surface area contributed by atoms with Gasteiger partial charge in [-0.1, -0.05) is 42.5 Å². The number of hydrogen-bond acceptors (Lipinski definition) is 6. The van der Waals surface area contributed by atoms with Crippen molar-refractivity contribution in [3.63, 3.8) is 0 Å². The molecular weight excluding hydrogens is 408 g/mol. The Bertz CT molecular complexity index is 887. The quantitative estimate of drug-likeness (QED) is 0.389. The average molecular weight is 433 g/mol. The van der Waals surface area contributed by atoms with E-state index in [0.29, 0.717) is 17.4 Å². The van der Waals surface area contributed by atoms with Crippen molar-refractivity contribution in [3.05, 3.63) is 76.8 Å². The Balaban J connectivity index is 0.00000300. The molecule has 0 saturated carbocycles. The minimum atomic E-state index is -0.508. The van der Waals surface area contributed by atoms with Crippen molar-refractivity contribution in [2.24, 2.45) is 0 Å². The van der Waals surface area contributed by atoms with E-state index in [2.05, 4.69) is 15.6 Å². The molecule has 0 fully saturated rings. The van der Waals surface area contributed by atoms with Crippen LogP contribution < -0.4 is 16.4 Å². The number of nitrogens with zero attached hydrogens (tertiary/aromatic N) is 1. The third-order valence-corrected chi connectivity index (χ3v) is 4.98. The molecule has 0 saturated heterocycles. The van der Waals surface area contributed by atoms with E-state index in [-0.39, 0.29) is 24.7 Å². The van der Waals surface area contributed by atoms with Crippen molar-refractivity contribution in [2.45, 2.75) is 18.9 Å². The van der Waals surface area contributed by atoms with E-state index >= 15 is 0 Å². The van der Waals surface area contributed by atoms with E-state index < -0.39 is 6.10 Å². The first kappa shape index (κ1) is 22.8. The number of benzene rings is 2. The summed E-state index contributed by atoms with van der Waals surface area (Å²) in [6.07, 6.45) is 0.545. The largest absolute Gasteiger partial charge is 0.387 e. The number of aliphatic hydroxyl groups is 1. The number of aliphatic hydroxyl groups excluding tert-OH is 1. The fourth-order valence-corrected chi connectivity index (χ4v) is 3.36. The van der Waals surface area contributed by atoms with E-state index in [0.717, 1.165) is 29.8 Å². The normalized spacial score (nSPS) is 11.5. The van der Waals surface area contributed by atoms with Gasteiger partial charge in [0.15, 0.2) is 5.13 Å². The lowest BCUT2D eigenvalue weighted by molar-refractivity contribution is -0.115. The number of nitrogens with two attached hydrogens (primary N) is 1. The Hall–Kier alpha value is -2.45. The first-order valence-electron chi connectivity index (χ1n) is 9.12. The minimum absolute atomic E-state index is 0. The zero-order valence-electron chi connectivity index (χ0n) is 15.9. The summed E-state index contributed by atoms with van der Waals surface area (Å²) in [7, 11) is 0. The van der Waals surface area contributed by atoms with Gasteiger partial charge in [0.1, 0.15) is 0 Å². The second-order valence-electron chi connectivity index (χ2n) is 6.48. The molecule has 0 aliphatic rings. The molecule has 1 heterocycles. The van der Waals surface area contributed by atoms with E-state index in [1.54, 1.807) is 5.38 Å². The molecule has 0 spiro atoms. The number of anilines is 2. The van der Waals surface area contributed by atoms with Crippen LogP contribution in [0.1, 0.15) is 22.9 Å². The Labute approximate surface area is 180 Å². The van der Waals surface area contributed by atoms with Crippen LogP contribution in [0.5, 0.6) is 0 Å². The van der Waals surface area contributed by atoms with E-state index in [9.17, 15) is 9.90 Å². The summed E-state index contributed by atoms with van der Waals surface area (Å²) in [6.45, 7) is 1.28. The molecule has 3 rings (SSSR count). The Morgan fingerprint density at radius 2 is 1.86 bits per heavy atom. The summed E-state index contributed by atoms with van der Waals surface area (Å²) in [5.41, 5.74) is 9.08. The summed E-state index contributed by atoms with van der Waals surface area (Å²) in [5.74, 6) is -0.116. The molecule has 1 atom stereocenters. The molecule has 6 nitrogen and oxygen atoms in total. The number of amides is 1. The Kier molecular flexibility index (Phi) is 9.08. The highest BCUT2D eigenvalue weighted by Crippen LogP contribution is 2.14. The van der Waals surface area contributed by atoms with Crippen LogP contribution in [-0.4, -0.2) is 29.1 Å². The van der Waals surface area contributed by atoms with Gasteiger partial charge >= 0.3 is 0 Å². The van der Waals surface area contributed by atoms with E-state index in [1.165, 1.54) is 11.3 Å². The first-order chi connectivity index (χ1) is 13.6. The van der Waals surface area contributed by atoms with Crippen LogP contribution in [0, 0.1) is 0 Å². The van der Waals surface area contributed by atoms with Gasteiger partial charge in [-0.25, -0.2) is 4.98 Å². The molecule has 0 aliphatic carbocycles. The summed E-state index contributed by atoms with van der Waals surface area (Å²) in [5, 5.41) is 18.5. The molecule has 2 aromatic carbocycles. The predicted octanol–water partition coefficient (Wildman–Crippen LogP) is 3.19. The van der Waals surface area contributed by atoms with Crippen LogP contribution in [-0.2, 0) is 17.6 Å². The van der Waals surface area contributed by atoms with Gasteiger partial charge in [-0.2, -0.15) is 0 Å². The summed E-state index contributed by atoms with van der Waals surface area (Å²) in [4.78, 5) is 16.1. The molecule has 5 N–H and O–H groups in total. The van der Waals surface area contributed by atoms with Crippen molar-refractivity contribution in [1.82, 2.24) is 10.3 Å². The average Bonchev–Trinajstić information content (AvgIpc) is 3.11. The van der Waals surface area contributed by atoms with Gasteiger partial charge in [-0.05, 0) is 36.2 Å². The first-order valence-corrected chi connectivity index (χ1v) is 10.0. The number of halogens is 1. The number of carbonyl (C=O) groups excluding carboxylic acids is 1. The van der Waals surface area contributed by atoms with Crippen LogP contribution in [0.3, 0.4) is 0 Å². The van der Waals surface area contributed by atoms with Crippen molar-refractivity contribution < 1.29 is 9.90 Å². The van der Waals surface area contributed by atoms with Gasteiger partial charge in [0.05, 0.1) is 18.2 Å². The van der Waals surface area contributed by atoms with Crippen LogP contribution in [0.2, 0.25) is 0 Å². The number of nitrogens with one attached hydrogen (secondary N) is 2. The highest BCUT2D eigenvalue weighted by atomic mass is 35.5. The fraction of sp³-hybridized carbons (Fsp3) is 0.238. The van der Waals surface area contributed by atoms with Gasteiger partial charge in [-0.3, -0.25) is 4.79 Å². The van der Waals surface area contributed by atoms with Crippen LogP contribution in [0.4, 0.5) is 10.8 Å². The third-order valence-electron chi connectivity index (χ3n) is 4.26. The lowest BCUT2D eigenvalue weighted by Gasteiger charge is -2.12. The maximum Gasteiger partial charge on any atom is 0.230 e. The molecule has 0 unspecified atom stereocenters. The van der Waals surface area contributed by atoms with Crippen molar-refractivity contribution in [3.8, 4) is 0 Å². The molecule has 0 bridgehead atoms. The van der Waals surface area contributed by atoms with E-state index in [1.807, 2.05) is 54.6 Å². The number of carbonyl (C=O) groups is 1. The Morgan fingerprint density at radius 1 is 1.14 bits per heavy atom. The lowest BCUT2D eigenvalue weighted by atomic mass is 10.1. The Morgan fingerprint density at radius 3 is 2.52 bits per heavy atom. The number of thiazole rings is 1. The van der Waals surface area contributed by atoms with Crippen molar-refractivity contribution in [1.29, 1.82) is 0 Å². The van der Waals surface area contributed by atoms with Gasteiger partial charge < -0.3 is 21.5 Å². The predicted molar refractivity (Wildman–Crippen MR) is 121 cm³/mol. The smallest absolute Gasteiger partial charge is 0.230 e. The topological polar surface area (TPSA) is 100 Å². The SMILES string of the molecule is Cl.Nc1nc(CC(=O)Nc2ccc(CCNC[C@H](O)c3ccccc3)cc2)cs1. The standard InChI is InChI=1S/C21H24N4O2S.ClH/c22-21-25-18(14-28-21)12-20(27)24-17-8-6-15(7-9-17)10-11-23-13-19(26)16-4-2-1-3-5-16;/h1-9,14,19,23,26H,10-13H2,(H2,22,25)(H,24,27);1H/t19-;/m0./s1. The molecule has 29 heavy (non-hydrogen) atoms. The summed E-state index contributed by atoms with van der Waals surface area (Å²) in [6, 6.07) is 17.4. The fourth-order valence-electron chi connectivity index (χ4n) is 2.79. The zero-order valence-corrected chi connectivity index (χ0v) is 17.5. The number of hydrogen-bond donors (Lipinski definition) is 4. The highest BCUT2D eigenvalue weighted by molar-refractivity contribution is 7.13. The van der Waals surface area contributed by atoms with Gasteiger partial charge in [0.25, 0.3) is 0 Å². The molecule has 3 aromatic rings. The monoisotopic (exact) mass is 432 g/mol. The molecule has 0 radical (unpaired) electrons. The molecule has 8 heteroatoms. The summed E-state index contributed by atoms with van der Waals surface area (Å²) < 4.78 is 0. The molecular formula is C21H25ClN4O2S. The van der Waals surface area contributed by atoms with E-state index in [4.69, 9.17) is 5.73 Å². The van der Waals surface area contributed by atoms with Crippen LogP contribution >= 0.6 is 23.7 Å². The van der Waals surface area contributed by atoms with Gasteiger partial charge in [0, 0.05) is 17.6 Å². The second-order valence-corrected chi connectivity index (χ2v) is 7.37. The number of aromatic nitrogens is 1.